The number of aromatic amines is 1. The standard InChI is InChI=1S/C27H24N6O2/c1-18(34)33-13-4-6-25(33)21-15-23-24(31-27(30-23)22-5-2-3-11-29-22)16-26(21)35-20-9-7-19(8-10-20)32-14-12-28-17-32/h2-3,5,7-12,14-17,25H,4,6,13H2,1H3,(H,30,31). The average molecular weight is 465 g/mol. The fourth-order valence-corrected chi connectivity index (χ4v) is 4.72. The van der Waals surface area contributed by atoms with Gasteiger partial charge in [-0.05, 0) is 55.3 Å². The molecule has 3 aromatic heterocycles. The third kappa shape index (κ3) is 4.03. The molecule has 8 heteroatoms. The van der Waals surface area contributed by atoms with E-state index in [2.05, 4.69) is 21.0 Å². The van der Waals surface area contributed by atoms with Crippen LogP contribution in [0.3, 0.4) is 0 Å². The quantitative estimate of drug-likeness (QED) is 0.382. The van der Waals surface area contributed by atoms with Crippen LogP contribution in [0.2, 0.25) is 0 Å². The van der Waals surface area contributed by atoms with E-state index < -0.39 is 0 Å². The number of carbonyl (C=O) groups excluding carboxylic acids is 1. The molecule has 4 heterocycles. The van der Waals surface area contributed by atoms with E-state index in [-0.39, 0.29) is 11.9 Å². The lowest BCUT2D eigenvalue weighted by molar-refractivity contribution is -0.129. The number of imidazole rings is 2. The number of likely N-dealkylation sites (tertiary alicyclic amines) is 1. The van der Waals surface area contributed by atoms with Gasteiger partial charge < -0.3 is 19.2 Å². The molecule has 8 nitrogen and oxygen atoms in total. The predicted molar refractivity (Wildman–Crippen MR) is 132 cm³/mol. The van der Waals surface area contributed by atoms with Crippen LogP contribution in [0, 0.1) is 0 Å². The van der Waals surface area contributed by atoms with E-state index in [1.165, 1.54) is 0 Å². The number of hydrogen-bond donors (Lipinski definition) is 1. The van der Waals surface area contributed by atoms with Crippen LogP contribution < -0.4 is 4.74 Å². The molecule has 2 aromatic carbocycles. The minimum Gasteiger partial charge on any atom is -0.457 e. The van der Waals surface area contributed by atoms with E-state index >= 15 is 0 Å². The largest absolute Gasteiger partial charge is 0.457 e. The van der Waals surface area contributed by atoms with Crippen LogP contribution in [0.5, 0.6) is 11.5 Å². The van der Waals surface area contributed by atoms with E-state index in [0.717, 1.165) is 47.4 Å². The lowest BCUT2D eigenvalue weighted by Crippen LogP contribution is -2.28. The first-order chi connectivity index (χ1) is 17.2. The second-order valence-corrected chi connectivity index (χ2v) is 8.64. The Kier molecular flexibility index (Phi) is 5.25. The lowest BCUT2D eigenvalue weighted by atomic mass is 10.0. The maximum absolute atomic E-state index is 12.4. The first-order valence-corrected chi connectivity index (χ1v) is 11.6. The molecule has 1 atom stereocenters. The van der Waals surface area contributed by atoms with Gasteiger partial charge in [0, 0.05) is 49.4 Å². The van der Waals surface area contributed by atoms with Gasteiger partial charge in [-0.1, -0.05) is 6.07 Å². The van der Waals surface area contributed by atoms with Crippen LogP contribution in [0.4, 0.5) is 0 Å². The van der Waals surface area contributed by atoms with Crippen molar-refractivity contribution in [3.8, 4) is 28.7 Å². The molecule has 1 unspecified atom stereocenters. The molecule has 6 rings (SSSR count). The van der Waals surface area contributed by atoms with E-state index in [1.807, 2.05) is 64.2 Å². The van der Waals surface area contributed by atoms with Gasteiger partial charge in [-0.3, -0.25) is 9.78 Å². The van der Waals surface area contributed by atoms with Crippen molar-refractivity contribution in [1.29, 1.82) is 0 Å². The number of carbonyl (C=O) groups is 1. The van der Waals surface area contributed by atoms with Gasteiger partial charge in [-0.2, -0.15) is 0 Å². The Hall–Kier alpha value is -4.46. The molecule has 1 aliphatic rings. The van der Waals surface area contributed by atoms with Crippen molar-refractivity contribution < 1.29 is 9.53 Å². The van der Waals surface area contributed by atoms with E-state index in [1.54, 1.807) is 25.6 Å². The summed E-state index contributed by atoms with van der Waals surface area (Å²) in [5.41, 5.74) is 4.41. The molecule has 1 aliphatic heterocycles. The number of nitrogens with zero attached hydrogens (tertiary/aromatic N) is 5. The van der Waals surface area contributed by atoms with E-state index in [0.29, 0.717) is 17.3 Å². The molecule has 1 N–H and O–H groups in total. The Morgan fingerprint density at radius 1 is 1.11 bits per heavy atom. The SMILES string of the molecule is CC(=O)N1CCCC1c1cc2[nH]c(-c3ccccn3)nc2cc1Oc1ccc(-n2ccnc2)cc1. The zero-order valence-corrected chi connectivity index (χ0v) is 19.3. The van der Waals surface area contributed by atoms with Gasteiger partial charge in [0.15, 0.2) is 5.82 Å². The number of H-pyrrole nitrogens is 1. The van der Waals surface area contributed by atoms with E-state index in [4.69, 9.17) is 9.72 Å². The highest BCUT2D eigenvalue weighted by Gasteiger charge is 2.31. The smallest absolute Gasteiger partial charge is 0.219 e. The van der Waals surface area contributed by atoms with Crippen LogP contribution in [0.15, 0.2) is 79.5 Å². The number of fused-ring (bicyclic) bond motifs is 1. The molecule has 1 saturated heterocycles. The molecule has 0 aliphatic carbocycles. The molecule has 1 amide bonds. The predicted octanol–water partition coefficient (Wildman–Crippen LogP) is 5.29. The van der Waals surface area contributed by atoms with Crippen LogP contribution in [0.1, 0.15) is 31.4 Å². The van der Waals surface area contributed by atoms with Crippen molar-refractivity contribution in [1.82, 2.24) is 29.4 Å². The number of aromatic nitrogens is 5. The van der Waals surface area contributed by atoms with Crippen molar-refractivity contribution in [3.05, 3.63) is 85.1 Å². The first kappa shape index (κ1) is 21.1. The number of amides is 1. The summed E-state index contributed by atoms with van der Waals surface area (Å²) in [5.74, 6) is 2.18. The summed E-state index contributed by atoms with van der Waals surface area (Å²) in [6.07, 6.45) is 9.01. The van der Waals surface area contributed by atoms with Gasteiger partial charge >= 0.3 is 0 Å². The number of benzene rings is 2. The van der Waals surface area contributed by atoms with Gasteiger partial charge in [-0.15, -0.1) is 0 Å². The first-order valence-electron chi connectivity index (χ1n) is 11.6. The summed E-state index contributed by atoms with van der Waals surface area (Å²) in [4.78, 5) is 31.0. The van der Waals surface area contributed by atoms with Crippen LogP contribution >= 0.6 is 0 Å². The Labute approximate surface area is 202 Å². The molecule has 174 valence electrons. The highest BCUT2D eigenvalue weighted by atomic mass is 16.5. The van der Waals surface area contributed by atoms with Crippen molar-refractivity contribution in [2.24, 2.45) is 0 Å². The summed E-state index contributed by atoms with van der Waals surface area (Å²) >= 11 is 0. The van der Waals surface area contributed by atoms with Crippen molar-refractivity contribution >= 4 is 16.9 Å². The van der Waals surface area contributed by atoms with Gasteiger partial charge in [0.25, 0.3) is 0 Å². The molecule has 35 heavy (non-hydrogen) atoms. The summed E-state index contributed by atoms with van der Waals surface area (Å²) in [6.45, 7) is 2.38. The second-order valence-electron chi connectivity index (χ2n) is 8.64. The zero-order chi connectivity index (χ0) is 23.8. The number of pyridine rings is 1. The lowest BCUT2D eigenvalue weighted by Gasteiger charge is -2.25. The Morgan fingerprint density at radius 2 is 2.00 bits per heavy atom. The van der Waals surface area contributed by atoms with Crippen molar-refractivity contribution in [2.45, 2.75) is 25.8 Å². The van der Waals surface area contributed by atoms with Gasteiger partial charge in [0.1, 0.15) is 17.2 Å². The third-order valence-corrected chi connectivity index (χ3v) is 6.40. The molecule has 0 saturated carbocycles. The maximum atomic E-state index is 12.4. The Morgan fingerprint density at radius 3 is 2.74 bits per heavy atom. The Balaban J connectivity index is 1.41. The van der Waals surface area contributed by atoms with Gasteiger partial charge in [0.2, 0.25) is 5.91 Å². The zero-order valence-electron chi connectivity index (χ0n) is 19.3. The molecular formula is C27H24N6O2. The average Bonchev–Trinajstić information content (AvgIpc) is 3.65. The number of nitrogens with one attached hydrogen (secondary N) is 1. The van der Waals surface area contributed by atoms with Crippen molar-refractivity contribution in [2.75, 3.05) is 6.54 Å². The third-order valence-electron chi connectivity index (χ3n) is 6.40. The molecule has 5 aromatic rings. The van der Waals surface area contributed by atoms with Crippen molar-refractivity contribution in [3.63, 3.8) is 0 Å². The Bertz CT molecular complexity index is 1480. The van der Waals surface area contributed by atoms with Crippen LogP contribution in [-0.2, 0) is 4.79 Å². The fourth-order valence-electron chi connectivity index (χ4n) is 4.72. The molecular weight excluding hydrogens is 440 g/mol. The second kappa shape index (κ2) is 8.72. The number of ether oxygens (including phenoxy) is 1. The topological polar surface area (TPSA) is 88.9 Å². The van der Waals surface area contributed by atoms with Crippen LogP contribution in [0.25, 0.3) is 28.2 Å². The van der Waals surface area contributed by atoms with E-state index in [9.17, 15) is 4.79 Å². The van der Waals surface area contributed by atoms with Crippen LogP contribution in [-0.4, -0.2) is 41.9 Å². The fraction of sp³-hybridized carbons (Fsp3) is 0.185. The summed E-state index contributed by atoms with van der Waals surface area (Å²) in [6, 6.07) is 17.6. The highest BCUT2D eigenvalue weighted by Crippen LogP contribution is 2.41. The molecule has 0 bridgehead atoms. The summed E-state index contributed by atoms with van der Waals surface area (Å²) < 4.78 is 8.35. The number of rotatable bonds is 5. The minimum absolute atomic E-state index is 0.0428. The van der Waals surface area contributed by atoms with Gasteiger partial charge in [-0.25, -0.2) is 9.97 Å². The monoisotopic (exact) mass is 464 g/mol. The molecule has 1 fully saturated rings. The molecule has 0 radical (unpaired) electrons. The maximum Gasteiger partial charge on any atom is 0.219 e. The minimum atomic E-state index is -0.0428. The number of hydrogen-bond acceptors (Lipinski definition) is 5. The summed E-state index contributed by atoms with van der Waals surface area (Å²) in [7, 11) is 0. The summed E-state index contributed by atoms with van der Waals surface area (Å²) in [5, 5.41) is 0. The highest BCUT2D eigenvalue weighted by molar-refractivity contribution is 5.82. The normalized spacial score (nSPS) is 15.6. The molecule has 0 spiro atoms. The van der Waals surface area contributed by atoms with Gasteiger partial charge in [0.05, 0.1) is 23.4 Å².